The number of nitrogens with zero attached hydrogens (tertiary/aromatic N) is 1. The van der Waals surface area contributed by atoms with Gasteiger partial charge in [-0.05, 0) is 6.07 Å². The molecule has 0 aromatic heterocycles. The Balaban J connectivity index is 2.66. The summed E-state index contributed by atoms with van der Waals surface area (Å²) in [5.41, 5.74) is 1.26. The lowest BCUT2D eigenvalue weighted by Gasteiger charge is -2.13. The van der Waals surface area contributed by atoms with E-state index in [1.165, 1.54) is 12.1 Å². The van der Waals surface area contributed by atoms with Crippen LogP contribution in [0.4, 0.5) is 11.4 Å². The van der Waals surface area contributed by atoms with Crippen molar-refractivity contribution in [1.82, 2.24) is 0 Å². The molecule has 72 valence electrons. The smallest absolute Gasteiger partial charge is 0.293 e. The molecule has 0 atom stereocenters. The molecule has 0 spiro atoms. The number of anilines is 1. The third-order valence-electron chi connectivity index (χ3n) is 2.05. The highest BCUT2D eigenvalue weighted by molar-refractivity contribution is 6.32. The number of nitro groups is 1. The Morgan fingerprint density at radius 1 is 1.50 bits per heavy atom. The third kappa shape index (κ3) is 1.33. The lowest BCUT2D eigenvalue weighted by atomic mass is 10.1. The molecule has 1 heterocycles. The second-order valence-electron chi connectivity index (χ2n) is 2.90. The molecule has 0 unspecified atom stereocenters. The Kier molecular flexibility index (Phi) is 2.13. The van der Waals surface area contributed by atoms with Gasteiger partial charge >= 0.3 is 0 Å². The van der Waals surface area contributed by atoms with Crippen LogP contribution in [0.5, 0.6) is 0 Å². The summed E-state index contributed by atoms with van der Waals surface area (Å²) in [4.78, 5) is 10.3. The molecule has 1 aliphatic rings. The van der Waals surface area contributed by atoms with E-state index in [0.717, 1.165) is 0 Å². The first-order chi connectivity index (χ1) is 6.70. The Morgan fingerprint density at radius 2 is 2.29 bits per heavy atom. The standard InChI is InChI=1S/C9H7ClN2O2/c10-7-3-4-8(12(13)14)9-6(7)2-1-5-11-9/h1-4,11H,5H2. The second kappa shape index (κ2) is 3.31. The number of hydrogen-bond donors (Lipinski definition) is 1. The molecule has 1 N–H and O–H groups in total. The van der Waals surface area contributed by atoms with E-state index in [1.54, 1.807) is 6.08 Å². The number of fused-ring (bicyclic) bond motifs is 1. The normalized spacial score (nSPS) is 13.2. The van der Waals surface area contributed by atoms with Gasteiger partial charge in [-0.15, -0.1) is 0 Å². The van der Waals surface area contributed by atoms with E-state index >= 15 is 0 Å². The maximum absolute atomic E-state index is 10.7. The molecule has 0 saturated heterocycles. The molecular weight excluding hydrogens is 204 g/mol. The molecule has 1 aromatic carbocycles. The zero-order valence-corrected chi connectivity index (χ0v) is 7.91. The predicted octanol–water partition coefficient (Wildman–Crippen LogP) is 2.69. The fourth-order valence-electron chi connectivity index (χ4n) is 1.42. The summed E-state index contributed by atoms with van der Waals surface area (Å²) < 4.78 is 0. The fourth-order valence-corrected chi connectivity index (χ4v) is 1.64. The van der Waals surface area contributed by atoms with Crippen LogP contribution in [0.1, 0.15) is 5.56 Å². The molecule has 1 aliphatic heterocycles. The van der Waals surface area contributed by atoms with Crippen LogP contribution in [0.2, 0.25) is 5.02 Å². The molecule has 0 bridgehead atoms. The third-order valence-corrected chi connectivity index (χ3v) is 2.38. The van der Waals surface area contributed by atoms with Crippen molar-refractivity contribution in [3.05, 3.63) is 38.9 Å². The average molecular weight is 211 g/mol. The molecular formula is C9H7ClN2O2. The van der Waals surface area contributed by atoms with Crippen LogP contribution >= 0.6 is 11.6 Å². The quantitative estimate of drug-likeness (QED) is 0.573. The van der Waals surface area contributed by atoms with Crippen molar-refractivity contribution in [2.75, 3.05) is 11.9 Å². The highest BCUT2D eigenvalue weighted by Gasteiger charge is 2.19. The number of nitrogens with one attached hydrogen (secondary N) is 1. The van der Waals surface area contributed by atoms with Gasteiger partial charge in [0, 0.05) is 18.2 Å². The van der Waals surface area contributed by atoms with Gasteiger partial charge in [0.2, 0.25) is 0 Å². The predicted molar refractivity (Wildman–Crippen MR) is 55.6 cm³/mol. The molecule has 5 heteroatoms. The van der Waals surface area contributed by atoms with Crippen LogP contribution in [0.25, 0.3) is 6.08 Å². The Morgan fingerprint density at radius 3 is 3.00 bits per heavy atom. The lowest BCUT2D eigenvalue weighted by molar-refractivity contribution is -0.384. The van der Waals surface area contributed by atoms with Gasteiger partial charge in [0.15, 0.2) is 0 Å². The minimum atomic E-state index is -0.415. The Hall–Kier alpha value is -1.55. The van der Waals surface area contributed by atoms with E-state index in [9.17, 15) is 10.1 Å². The number of halogens is 1. The summed E-state index contributed by atoms with van der Waals surface area (Å²) in [5.74, 6) is 0. The summed E-state index contributed by atoms with van der Waals surface area (Å²) in [5, 5.41) is 14.1. The number of hydrogen-bond acceptors (Lipinski definition) is 3. The largest absolute Gasteiger partial charge is 0.375 e. The van der Waals surface area contributed by atoms with Crippen LogP contribution in [0.15, 0.2) is 18.2 Å². The second-order valence-corrected chi connectivity index (χ2v) is 3.30. The molecule has 0 radical (unpaired) electrons. The molecule has 1 aromatic rings. The van der Waals surface area contributed by atoms with Crippen LogP contribution in [-0.4, -0.2) is 11.5 Å². The van der Waals surface area contributed by atoms with E-state index in [4.69, 9.17) is 11.6 Å². The first-order valence-corrected chi connectivity index (χ1v) is 4.45. The molecule has 0 saturated carbocycles. The highest BCUT2D eigenvalue weighted by atomic mass is 35.5. The van der Waals surface area contributed by atoms with Gasteiger partial charge in [0.05, 0.1) is 9.95 Å². The molecule has 14 heavy (non-hydrogen) atoms. The number of rotatable bonds is 1. The van der Waals surface area contributed by atoms with Crippen molar-refractivity contribution in [3.63, 3.8) is 0 Å². The first kappa shape index (κ1) is 9.02. The first-order valence-electron chi connectivity index (χ1n) is 4.07. The maximum atomic E-state index is 10.7. The summed E-state index contributed by atoms with van der Waals surface area (Å²) in [6, 6.07) is 2.95. The minimum absolute atomic E-state index is 0.0637. The van der Waals surface area contributed by atoms with Crippen molar-refractivity contribution in [2.45, 2.75) is 0 Å². The van der Waals surface area contributed by atoms with Crippen LogP contribution in [-0.2, 0) is 0 Å². The molecule has 2 rings (SSSR count). The van der Waals surface area contributed by atoms with Crippen molar-refractivity contribution in [1.29, 1.82) is 0 Å². The molecule has 0 fully saturated rings. The number of benzene rings is 1. The van der Waals surface area contributed by atoms with Gasteiger partial charge < -0.3 is 5.32 Å². The fraction of sp³-hybridized carbons (Fsp3) is 0.111. The van der Waals surface area contributed by atoms with Crippen molar-refractivity contribution in [3.8, 4) is 0 Å². The van der Waals surface area contributed by atoms with Crippen LogP contribution in [0, 0.1) is 10.1 Å². The highest BCUT2D eigenvalue weighted by Crippen LogP contribution is 2.35. The molecule has 4 nitrogen and oxygen atoms in total. The molecule has 0 aliphatic carbocycles. The van der Waals surface area contributed by atoms with Crippen molar-refractivity contribution >= 4 is 29.1 Å². The monoisotopic (exact) mass is 210 g/mol. The average Bonchev–Trinajstić information content (AvgIpc) is 2.18. The van der Waals surface area contributed by atoms with Gasteiger partial charge in [0.25, 0.3) is 5.69 Å². The summed E-state index contributed by atoms with van der Waals surface area (Å²) in [6.07, 6.45) is 3.67. The summed E-state index contributed by atoms with van der Waals surface area (Å²) >= 11 is 5.90. The zero-order chi connectivity index (χ0) is 10.1. The van der Waals surface area contributed by atoms with Gasteiger partial charge in [-0.25, -0.2) is 0 Å². The minimum Gasteiger partial charge on any atom is -0.375 e. The van der Waals surface area contributed by atoms with E-state index in [1.807, 2.05) is 6.08 Å². The van der Waals surface area contributed by atoms with E-state index in [-0.39, 0.29) is 5.69 Å². The van der Waals surface area contributed by atoms with E-state index < -0.39 is 4.92 Å². The summed E-state index contributed by atoms with van der Waals surface area (Å²) in [6.45, 7) is 0.591. The Bertz CT molecular complexity index is 429. The summed E-state index contributed by atoms with van der Waals surface area (Å²) in [7, 11) is 0. The van der Waals surface area contributed by atoms with Gasteiger partial charge in [0.1, 0.15) is 5.69 Å². The number of nitro benzene ring substituents is 1. The van der Waals surface area contributed by atoms with Crippen LogP contribution in [0.3, 0.4) is 0 Å². The van der Waals surface area contributed by atoms with Gasteiger partial charge in [-0.1, -0.05) is 23.8 Å². The van der Waals surface area contributed by atoms with E-state index in [2.05, 4.69) is 5.32 Å². The van der Waals surface area contributed by atoms with Crippen molar-refractivity contribution in [2.24, 2.45) is 0 Å². The van der Waals surface area contributed by atoms with Gasteiger partial charge in [-0.2, -0.15) is 0 Å². The van der Waals surface area contributed by atoms with Crippen LogP contribution < -0.4 is 5.32 Å². The van der Waals surface area contributed by atoms with E-state index in [0.29, 0.717) is 22.8 Å². The Labute approximate surface area is 85.3 Å². The van der Waals surface area contributed by atoms with Gasteiger partial charge in [-0.3, -0.25) is 10.1 Å². The van der Waals surface area contributed by atoms with Crippen molar-refractivity contribution < 1.29 is 4.92 Å². The topological polar surface area (TPSA) is 55.2 Å². The lowest BCUT2D eigenvalue weighted by Crippen LogP contribution is -2.07. The zero-order valence-electron chi connectivity index (χ0n) is 7.16. The molecule has 0 amide bonds. The SMILES string of the molecule is O=[N+]([O-])c1ccc(Cl)c2c1NCC=C2. The maximum Gasteiger partial charge on any atom is 0.293 e.